The van der Waals surface area contributed by atoms with Crippen LogP contribution in [0, 0.1) is 5.82 Å². The summed E-state index contributed by atoms with van der Waals surface area (Å²) in [6.45, 7) is 0. The van der Waals surface area contributed by atoms with Crippen LogP contribution in [0.3, 0.4) is 0 Å². The summed E-state index contributed by atoms with van der Waals surface area (Å²) in [7, 11) is -0.0146. The smallest absolute Gasteiger partial charge is 0.166 e. The fourth-order valence-electron chi connectivity index (χ4n) is 2.66. The normalized spacial score (nSPS) is 10.1. The summed E-state index contributed by atoms with van der Waals surface area (Å²) < 4.78 is 12.1. The van der Waals surface area contributed by atoms with E-state index in [0.717, 1.165) is 24.3 Å². The van der Waals surface area contributed by atoms with Crippen LogP contribution >= 0.6 is 0 Å². The molecule has 4 rings (SSSR count). The molecule has 0 amide bonds. The van der Waals surface area contributed by atoms with Crippen molar-refractivity contribution >= 4 is 16.9 Å². The SMILES string of the molecule is O=C([O-])c1ccc(F)cc1.c1ccc([S+](c2ccccc2)c2ccccc2)cc1. The highest BCUT2D eigenvalue weighted by Crippen LogP contribution is 2.30. The molecular formula is C25H19FO2S. The standard InChI is InChI=1S/C18H15S.C7H5FO2/c1-4-10-16(11-5-1)19(17-12-6-2-7-13-17)18-14-8-3-9-15-18;8-6-3-1-5(2-4-6)7(9)10/h1-15H;1-4H,(H,9,10)/q+1;/p-1. The molecule has 0 radical (unpaired) electrons. The van der Waals surface area contributed by atoms with Crippen molar-refractivity contribution in [3.8, 4) is 0 Å². The molecule has 0 aliphatic rings. The Hall–Kier alpha value is -3.37. The quantitative estimate of drug-likeness (QED) is 0.452. The fraction of sp³-hybridized carbons (Fsp3) is 0. The Morgan fingerprint density at radius 3 is 1.24 bits per heavy atom. The predicted molar refractivity (Wildman–Crippen MR) is 112 cm³/mol. The zero-order chi connectivity index (χ0) is 20.5. The van der Waals surface area contributed by atoms with Gasteiger partial charge in [-0.15, -0.1) is 0 Å². The average Bonchev–Trinajstić information content (AvgIpc) is 2.77. The number of carboxylic acid groups (broad SMARTS) is 1. The second kappa shape index (κ2) is 10.2. The molecule has 4 aromatic rings. The van der Waals surface area contributed by atoms with Gasteiger partial charge in [-0.2, -0.15) is 0 Å². The lowest BCUT2D eigenvalue weighted by Gasteiger charge is -2.07. The van der Waals surface area contributed by atoms with Crippen molar-refractivity contribution in [2.75, 3.05) is 0 Å². The van der Waals surface area contributed by atoms with Crippen LogP contribution in [-0.2, 0) is 10.9 Å². The first-order valence-electron chi connectivity index (χ1n) is 9.01. The molecule has 0 spiro atoms. The van der Waals surface area contributed by atoms with Gasteiger partial charge in [0.2, 0.25) is 0 Å². The van der Waals surface area contributed by atoms with Crippen molar-refractivity contribution in [1.82, 2.24) is 0 Å². The number of halogens is 1. The van der Waals surface area contributed by atoms with Crippen LogP contribution in [0.1, 0.15) is 10.4 Å². The van der Waals surface area contributed by atoms with Crippen molar-refractivity contribution in [3.63, 3.8) is 0 Å². The molecular weight excluding hydrogens is 383 g/mol. The molecule has 144 valence electrons. The Labute approximate surface area is 172 Å². The highest BCUT2D eigenvalue weighted by molar-refractivity contribution is 7.97. The fourth-order valence-corrected chi connectivity index (χ4v) is 4.77. The number of benzene rings is 4. The molecule has 0 fully saturated rings. The maximum absolute atomic E-state index is 12.1. The highest BCUT2D eigenvalue weighted by Gasteiger charge is 2.27. The van der Waals surface area contributed by atoms with Crippen molar-refractivity contribution in [2.45, 2.75) is 14.7 Å². The zero-order valence-corrected chi connectivity index (χ0v) is 16.4. The van der Waals surface area contributed by atoms with E-state index in [1.54, 1.807) is 0 Å². The van der Waals surface area contributed by atoms with E-state index in [0.29, 0.717) is 0 Å². The molecule has 0 unspecified atom stereocenters. The Morgan fingerprint density at radius 2 is 0.931 bits per heavy atom. The van der Waals surface area contributed by atoms with Gasteiger partial charge in [-0.3, -0.25) is 0 Å². The van der Waals surface area contributed by atoms with Crippen LogP contribution in [0.2, 0.25) is 0 Å². The van der Waals surface area contributed by atoms with Gasteiger partial charge in [-0.05, 0) is 54.1 Å². The summed E-state index contributed by atoms with van der Waals surface area (Å²) in [6.07, 6.45) is 0. The van der Waals surface area contributed by atoms with Crippen molar-refractivity contribution < 1.29 is 14.3 Å². The maximum Gasteiger partial charge on any atom is 0.166 e. The van der Waals surface area contributed by atoms with Gasteiger partial charge in [0.15, 0.2) is 14.7 Å². The number of aromatic carboxylic acids is 1. The molecule has 0 aliphatic heterocycles. The van der Waals surface area contributed by atoms with Crippen LogP contribution in [0.15, 0.2) is 130 Å². The minimum atomic E-state index is -1.29. The van der Waals surface area contributed by atoms with E-state index < -0.39 is 11.8 Å². The van der Waals surface area contributed by atoms with E-state index >= 15 is 0 Å². The van der Waals surface area contributed by atoms with Gasteiger partial charge in [-0.1, -0.05) is 66.7 Å². The summed E-state index contributed by atoms with van der Waals surface area (Å²) in [5, 5.41) is 10.1. The predicted octanol–water partition coefficient (Wildman–Crippen LogP) is 4.97. The molecule has 0 N–H and O–H groups in total. The number of rotatable bonds is 4. The third-order valence-electron chi connectivity index (χ3n) is 4.02. The molecule has 4 heteroatoms. The van der Waals surface area contributed by atoms with Gasteiger partial charge < -0.3 is 9.90 Å². The summed E-state index contributed by atoms with van der Waals surface area (Å²) in [5.41, 5.74) is -0.0126. The van der Waals surface area contributed by atoms with Crippen LogP contribution in [-0.4, -0.2) is 5.97 Å². The molecule has 4 aromatic carbocycles. The summed E-state index contributed by atoms with van der Waals surface area (Å²) in [6, 6.07) is 36.6. The van der Waals surface area contributed by atoms with Crippen LogP contribution in [0.4, 0.5) is 4.39 Å². The number of carboxylic acids is 1. The van der Waals surface area contributed by atoms with Crippen LogP contribution in [0.25, 0.3) is 0 Å². The number of carbonyl (C=O) groups is 1. The lowest BCUT2D eigenvalue weighted by atomic mass is 10.2. The minimum Gasteiger partial charge on any atom is -0.545 e. The molecule has 0 aromatic heterocycles. The monoisotopic (exact) mass is 402 g/mol. The van der Waals surface area contributed by atoms with E-state index in [9.17, 15) is 14.3 Å². The Bertz CT molecular complexity index is 927. The first kappa shape index (κ1) is 20.4. The highest BCUT2D eigenvalue weighted by atomic mass is 32.2. The van der Waals surface area contributed by atoms with Gasteiger partial charge in [-0.25, -0.2) is 4.39 Å². The minimum absolute atomic E-state index is 0.0126. The van der Waals surface area contributed by atoms with Crippen LogP contribution < -0.4 is 5.11 Å². The van der Waals surface area contributed by atoms with Crippen molar-refractivity contribution in [2.24, 2.45) is 0 Å². The molecule has 0 bridgehead atoms. The van der Waals surface area contributed by atoms with Gasteiger partial charge in [0.05, 0.1) is 16.9 Å². The molecule has 0 saturated carbocycles. The summed E-state index contributed by atoms with van der Waals surface area (Å²) in [5.74, 6) is -1.75. The molecule has 0 heterocycles. The third-order valence-corrected chi connectivity index (χ3v) is 6.25. The summed E-state index contributed by atoms with van der Waals surface area (Å²) >= 11 is 0. The Balaban J connectivity index is 0.000000204. The lowest BCUT2D eigenvalue weighted by Crippen LogP contribution is -2.21. The van der Waals surface area contributed by atoms with Gasteiger partial charge in [0.1, 0.15) is 5.82 Å². The van der Waals surface area contributed by atoms with E-state index in [-0.39, 0.29) is 16.5 Å². The van der Waals surface area contributed by atoms with Gasteiger partial charge in [0, 0.05) is 0 Å². The summed E-state index contributed by atoms with van der Waals surface area (Å²) in [4.78, 5) is 14.2. The lowest BCUT2D eigenvalue weighted by molar-refractivity contribution is -0.255. The van der Waals surface area contributed by atoms with Crippen LogP contribution in [0.5, 0.6) is 0 Å². The average molecular weight is 402 g/mol. The number of hydrogen-bond donors (Lipinski definition) is 0. The second-order valence-electron chi connectivity index (χ2n) is 6.04. The second-order valence-corrected chi connectivity index (χ2v) is 8.07. The molecule has 2 nitrogen and oxygen atoms in total. The van der Waals surface area contributed by atoms with E-state index in [1.165, 1.54) is 14.7 Å². The molecule has 29 heavy (non-hydrogen) atoms. The topological polar surface area (TPSA) is 40.1 Å². The Kier molecular flexibility index (Phi) is 7.20. The molecule has 0 saturated heterocycles. The molecule has 0 atom stereocenters. The zero-order valence-electron chi connectivity index (χ0n) is 15.6. The van der Waals surface area contributed by atoms with Crippen molar-refractivity contribution in [1.29, 1.82) is 0 Å². The maximum atomic E-state index is 12.1. The van der Waals surface area contributed by atoms with E-state index in [1.807, 2.05) is 0 Å². The van der Waals surface area contributed by atoms with E-state index in [2.05, 4.69) is 91.0 Å². The van der Waals surface area contributed by atoms with Crippen molar-refractivity contribution in [3.05, 3.63) is 127 Å². The largest absolute Gasteiger partial charge is 0.545 e. The van der Waals surface area contributed by atoms with Gasteiger partial charge >= 0.3 is 0 Å². The van der Waals surface area contributed by atoms with Gasteiger partial charge in [0.25, 0.3) is 0 Å². The third kappa shape index (κ3) is 5.80. The first-order valence-corrected chi connectivity index (χ1v) is 10.2. The number of carbonyl (C=O) groups excluding carboxylic acids is 1. The number of hydrogen-bond acceptors (Lipinski definition) is 2. The van der Waals surface area contributed by atoms with E-state index in [4.69, 9.17) is 0 Å². The Morgan fingerprint density at radius 1 is 0.586 bits per heavy atom. The molecule has 0 aliphatic carbocycles. The first-order chi connectivity index (χ1) is 14.1.